The minimum atomic E-state index is -0.717. The van der Waals surface area contributed by atoms with E-state index in [2.05, 4.69) is 16.8 Å². The summed E-state index contributed by atoms with van der Waals surface area (Å²) in [5.74, 6) is -3.62. The molecule has 0 saturated carbocycles. The number of methoxy groups -OCH3 is 2. The third-order valence-corrected chi connectivity index (χ3v) is 16.0. The first kappa shape index (κ1) is 61.5. The number of likely N-dealkylation sites (N-methyl/N-ethyl adjacent to an activating group) is 2. The zero-order valence-corrected chi connectivity index (χ0v) is 46.6. The van der Waals surface area contributed by atoms with Crippen LogP contribution in [-0.2, 0) is 54.3 Å². The molecule has 0 radical (unpaired) electrons. The molecule has 9 atom stereocenters. The first-order valence-corrected chi connectivity index (χ1v) is 27.4. The van der Waals surface area contributed by atoms with E-state index in [1.807, 2.05) is 72.1 Å². The molecule has 0 unspecified atom stereocenters. The van der Waals surface area contributed by atoms with Gasteiger partial charge < -0.3 is 30.0 Å². The van der Waals surface area contributed by atoms with Crippen LogP contribution in [0.15, 0.2) is 42.6 Å². The van der Waals surface area contributed by atoms with Crippen molar-refractivity contribution < 1.29 is 47.8 Å². The summed E-state index contributed by atoms with van der Waals surface area (Å²) in [6.07, 6.45) is 11.3. The standard InChI is InChI=1S/C58H90N6O10/c1-12-39(6)55(50(73-10)35-53(70)63-30-21-26-47(63)56(74-11)40(7)48(66)33-41(57(59)71)32-42-36-60-46-25-18-17-24-44(42)46)62(9)58(72)45(37(2)3)34-49(67)54(38(4)5)61(8)29-19-15-13-14-16-22-43(65)23-20-31-64-51(68)27-28-52(64)69/h17-18,24-25,27-28,36-41,45,47,50,54-56,60H,12-16,19-23,26,29-35H2,1-11H3,(H2,59,71)/t39-,40-,41+,45-,47-,50+,54-,55-,56+/m0/s1. The third kappa shape index (κ3) is 16.7. The van der Waals surface area contributed by atoms with Crippen molar-refractivity contribution >= 4 is 57.8 Å². The Morgan fingerprint density at radius 1 is 0.811 bits per heavy atom. The lowest BCUT2D eigenvalue weighted by Gasteiger charge is -2.41. The van der Waals surface area contributed by atoms with E-state index >= 15 is 0 Å². The van der Waals surface area contributed by atoms with Gasteiger partial charge in [0.2, 0.25) is 17.7 Å². The number of fused-ring (bicyclic) bond motifs is 1. The van der Waals surface area contributed by atoms with Crippen molar-refractivity contribution in [1.82, 2.24) is 24.6 Å². The third-order valence-electron chi connectivity index (χ3n) is 16.0. The fourth-order valence-corrected chi connectivity index (χ4v) is 11.5. The fourth-order valence-electron chi connectivity index (χ4n) is 11.5. The molecule has 2 aliphatic heterocycles. The Morgan fingerprint density at radius 2 is 1.46 bits per heavy atom. The summed E-state index contributed by atoms with van der Waals surface area (Å²) in [7, 11) is 6.86. The number of aromatic nitrogens is 1. The molecule has 2 aromatic rings. The van der Waals surface area contributed by atoms with Gasteiger partial charge in [0.05, 0.1) is 36.8 Å². The number of hydrogen-bond donors (Lipinski definition) is 2. The number of hydrogen-bond acceptors (Lipinski definition) is 11. The molecule has 1 aromatic heterocycles. The van der Waals surface area contributed by atoms with E-state index < -0.39 is 41.9 Å². The minimum Gasteiger partial charge on any atom is -0.379 e. The van der Waals surface area contributed by atoms with Crippen molar-refractivity contribution in [3.63, 3.8) is 0 Å². The van der Waals surface area contributed by atoms with Crippen molar-refractivity contribution in [2.75, 3.05) is 47.9 Å². The molecule has 16 heteroatoms. The van der Waals surface area contributed by atoms with Crippen LogP contribution in [0.3, 0.4) is 0 Å². The molecule has 3 heterocycles. The highest BCUT2D eigenvalue weighted by Gasteiger charge is 2.43. The number of primary amides is 1. The summed E-state index contributed by atoms with van der Waals surface area (Å²) < 4.78 is 12.2. The van der Waals surface area contributed by atoms with Crippen molar-refractivity contribution in [2.45, 2.75) is 175 Å². The number of H-pyrrole nitrogens is 1. The minimum absolute atomic E-state index is 0.00169. The van der Waals surface area contributed by atoms with E-state index in [4.69, 9.17) is 15.2 Å². The predicted octanol–water partition coefficient (Wildman–Crippen LogP) is 7.49. The molecule has 1 saturated heterocycles. The Morgan fingerprint density at radius 3 is 2.08 bits per heavy atom. The van der Waals surface area contributed by atoms with Gasteiger partial charge in [-0.1, -0.05) is 92.3 Å². The number of nitrogens with zero attached hydrogens (tertiary/aromatic N) is 4. The van der Waals surface area contributed by atoms with Crippen LogP contribution in [0.5, 0.6) is 0 Å². The maximum atomic E-state index is 14.7. The number of rotatable bonds is 35. The van der Waals surface area contributed by atoms with Crippen LogP contribution in [0.1, 0.15) is 144 Å². The monoisotopic (exact) mass is 1030 g/mol. The largest absolute Gasteiger partial charge is 0.379 e. The molecular formula is C58H90N6O10. The Labute approximate surface area is 441 Å². The molecule has 2 aliphatic rings. The number of amides is 5. The zero-order chi connectivity index (χ0) is 54.8. The first-order chi connectivity index (χ1) is 35.2. The Kier molecular flexibility index (Phi) is 24.8. The number of unbranched alkanes of at least 4 members (excludes halogenated alkanes) is 4. The number of benzene rings is 1. The Bertz CT molecular complexity index is 2220. The highest BCUT2D eigenvalue weighted by atomic mass is 16.5. The van der Waals surface area contributed by atoms with Crippen LogP contribution in [0.25, 0.3) is 10.9 Å². The number of carbonyl (C=O) groups is 8. The average molecular weight is 1030 g/mol. The number of nitrogens with one attached hydrogen (secondary N) is 1. The molecule has 1 aromatic carbocycles. The maximum Gasteiger partial charge on any atom is 0.253 e. The van der Waals surface area contributed by atoms with Crippen LogP contribution >= 0.6 is 0 Å². The molecule has 0 aliphatic carbocycles. The second-order valence-corrected chi connectivity index (χ2v) is 21.9. The van der Waals surface area contributed by atoms with Gasteiger partial charge in [0.15, 0.2) is 5.78 Å². The van der Waals surface area contributed by atoms with E-state index in [0.29, 0.717) is 38.6 Å². The van der Waals surface area contributed by atoms with Gasteiger partial charge in [-0.15, -0.1) is 0 Å². The number of likely N-dealkylation sites (tertiary alicyclic amines) is 1. The van der Waals surface area contributed by atoms with E-state index in [-0.39, 0.29) is 96.6 Å². The molecule has 74 heavy (non-hydrogen) atoms. The number of ether oxygens (including phenoxy) is 2. The van der Waals surface area contributed by atoms with Gasteiger partial charge >= 0.3 is 0 Å². The molecule has 0 spiro atoms. The smallest absolute Gasteiger partial charge is 0.253 e. The normalized spacial score (nSPS) is 18.3. The molecular weight excluding hydrogens is 941 g/mol. The number of imide groups is 1. The highest BCUT2D eigenvalue weighted by Crippen LogP contribution is 2.32. The summed E-state index contributed by atoms with van der Waals surface area (Å²) in [6.45, 7) is 15.4. The second-order valence-electron chi connectivity index (χ2n) is 21.9. The van der Waals surface area contributed by atoms with Gasteiger partial charge in [0.1, 0.15) is 11.6 Å². The van der Waals surface area contributed by atoms with Crippen molar-refractivity contribution in [3.8, 4) is 0 Å². The van der Waals surface area contributed by atoms with Gasteiger partial charge in [-0.3, -0.25) is 48.2 Å². The van der Waals surface area contributed by atoms with Crippen LogP contribution < -0.4 is 5.73 Å². The number of nitrogens with two attached hydrogens (primary N) is 1. The molecule has 5 amide bonds. The lowest BCUT2D eigenvalue weighted by molar-refractivity contribution is -0.149. The van der Waals surface area contributed by atoms with Gasteiger partial charge in [-0.2, -0.15) is 0 Å². The van der Waals surface area contributed by atoms with Crippen LogP contribution in [0.2, 0.25) is 0 Å². The van der Waals surface area contributed by atoms with E-state index in [0.717, 1.165) is 72.9 Å². The van der Waals surface area contributed by atoms with Crippen LogP contribution in [0, 0.1) is 35.5 Å². The highest BCUT2D eigenvalue weighted by molar-refractivity contribution is 6.12. The van der Waals surface area contributed by atoms with Gasteiger partial charge in [-0.25, -0.2) is 0 Å². The summed E-state index contributed by atoms with van der Waals surface area (Å²) >= 11 is 0. The molecule has 1 fully saturated rings. The van der Waals surface area contributed by atoms with Gasteiger partial charge in [0, 0.05) is 107 Å². The van der Waals surface area contributed by atoms with Crippen LogP contribution in [0.4, 0.5) is 0 Å². The van der Waals surface area contributed by atoms with Crippen LogP contribution in [-0.4, -0.2) is 150 Å². The lowest BCUT2D eigenvalue weighted by Crippen LogP contribution is -2.54. The second kappa shape index (κ2) is 29.9. The summed E-state index contributed by atoms with van der Waals surface area (Å²) in [5, 5.41) is 0.978. The molecule has 4 rings (SSSR count). The number of Topliss-reactive ketones (excluding diaryl/α,β-unsaturated/α-hetero) is 3. The lowest BCUT2D eigenvalue weighted by atomic mass is 9.83. The van der Waals surface area contributed by atoms with Crippen molar-refractivity contribution in [2.24, 2.45) is 41.2 Å². The van der Waals surface area contributed by atoms with Gasteiger partial charge in [0.25, 0.3) is 11.8 Å². The molecule has 0 bridgehead atoms. The first-order valence-electron chi connectivity index (χ1n) is 27.4. The van der Waals surface area contributed by atoms with Crippen molar-refractivity contribution in [1.29, 1.82) is 0 Å². The number of para-hydroxylation sites is 1. The average Bonchev–Trinajstić information content (AvgIpc) is 4.10. The Hall–Kier alpha value is -5.06. The van der Waals surface area contributed by atoms with E-state index in [1.165, 1.54) is 12.2 Å². The quantitative estimate of drug-likeness (QED) is 0.0510. The predicted molar refractivity (Wildman–Crippen MR) is 287 cm³/mol. The molecule has 412 valence electrons. The summed E-state index contributed by atoms with van der Waals surface area (Å²) in [5.41, 5.74) is 7.73. The van der Waals surface area contributed by atoms with Gasteiger partial charge in [-0.05, 0) is 81.5 Å². The van der Waals surface area contributed by atoms with E-state index in [1.54, 1.807) is 38.0 Å². The zero-order valence-electron chi connectivity index (χ0n) is 46.6. The summed E-state index contributed by atoms with van der Waals surface area (Å²) in [6, 6.07) is 6.55. The number of carbonyl (C=O) groups excluding carboxylic acids is 8. The topological polar surface area (TPSA) is 210 Å². The fraction of sp³-hybridized carbons (Fsp3) is 0.690. The number of aromatic amines is 1. The van der Waals surface area contributed by atoms with Crippen molar-refractivity contribution in [3.05, 3.63) is 48.2 Å². The SMILES string of the molecule is CC[C@H](C)[C@@H]([C@@H](CC(=O)N1CCC[C@H]1[C@H](OC)[C@@H](C)C(=O)C[C@@H](Cc1c[nH]c2ccccc12)C(N)=O)OC)N(C)C(=O)[C@@H](CC(=O)[C@H](C(C)C)N(C)CCCCCCCC(=O)CCCN1C(=O)C=CC1=O)C(C)C. The maximum absolute atomic E-state index is 14.7. The summed E-state index contributed by atoms with van der Waals surface area (Å²) in [4.78, 5) is 116. The number of ketones is 3. The van der Waals surface area contributed by atoms with E-state index in [9.17, 15) is 38.4 Å². The Balaban J connectivity index is 1.33. The molecule has 16 nitrogen and oxygen atoms in total. The molecule has 3 N–H and O–H groups in total.